The van der Waals surface area contributed by atoms with Crippen molar-refractivity contribution in [2.45, 2.75) is 31.4 Å². The predicted molar refractivity (Wildman–Crippen MR) is 127 cm³/mol. The number of aliphatic carboxylic acids is 1. The molecule has 0 heterocycles. The fraction of sp³-hybridized carbons (Fsp3) is 0.200. The van der Waals surface area contributed by atoms with Crippen molar-refractivity contribution in [3.63, 3.8) is 0 Å². The van der Waals surface area contributed by atoms with Crippen molar-refractivity contribution in [1.29, 1.82) is 0 Å². The number of hydrogen-bond acceptors (Lipinski definition) is 5. The molecule has 3 aromatic carbocycles. The Balaban J connectivity index is 1.68. The molecule has 9 heteroatoms. The lowest BCUT2D eigenvalue weighted by Crippen LogP contribution is -2.36. The molecule has 0 aliphatic carbocycles. The van der Waals surface area contributed by atoms with Gasteiger partial charge in [0.25, 0.3) is 0 Å². The Labute approximate surface area is 197 Å². The van der Waals surface area contributed by atoms with Crippen LogP contribution in [0.15, 0.2) is 84.9 Å². The average molecular weight is 483 g/mol. The molecule has 0 saturated carbocycles. The van der Waals surface area contributed by atoms with Crippen LogP contribution in [0.2, 0.25) is 0 Å². The molecule has 0 fully saturated rings. The molecule has 0 aliphatic heterocycles. The number of hydrogen-bond donors (Lipinski definition) is 3. The van der Waals surface area contributed by atoms with Gasteiger partial charge in [0.2, 0.25) is 7.37 Å². The molecule has 2 atom stereocenters. The first-order valence-corrected chi connectivity index (χ1v) is 12.6. The van der Waals surface area contributed by atoms with Gasteiger partial charge >= 0.3 is 12.1 Å². The average Bonchev–Trinajstić information content (AvgIpc) is 2.81. The van der Waals surface area contributed by atoms with E-state index in [0.29, 0.717) is 17.1 Å². The fourth-order valence-corrected chi connectivity index (χ4v) is 5.02. The van der Waals surface area contributed by atoms with E-state index in [1.807, 2.05) is 24.3 Å². The molecule has 0 bridgehead atoms. The van der Waals surface area contributed by atoms with Gasteiger partial charge in [0.1, 0.15) is 23.9 Å². The third-order valence-electron chi connectivity index (χ3n) is 4.90. The summed E-state index contributed by atoms with van der Waals surface area (Å²) in [6.45, 7) is -0.0209. The van der Waals surface area contributed by atoms with Crippen molar-refractivity contribution in [1.82, 2.24) is 5.32 Å². The highest BCUT2D eigenvalue weighted by atomic mass is 31.2. The number of ether oxygens (including phenoxy) is 2. The Morgan fingerprint density at radius 2 is 1.50 bits per heavy atom. The molecule has 3 rings (SSSR count). The zero-order valence-electron chi connectivity index (χ0n) is 18.4. The standard InChI is InChI=1S/C25H26NO7P/c27-24(28)15-14-23(26-25(29)32-17-19-8-3-1-4-9-19)34(30,31)18-20-10-7-13-22(16-20)33-21-11-5-2-6-12-21/h1-13,16,23H,14-15,17-18H2,(H,26,29)(H,27,28)(H,30,31). The zero-order valence-corrected chi connectivity index (χ0v) is 19.3. The van der Waals surface area contributed by atoms with Crippen LogP contribution in [0.1, 0.15) is 24.0 Å². The van der Waals surface area contributed by atoms with E-state index in [0.717, 1.165) is 5.56 Å². The molecule has 2 unspecified atom stereocenters. The van der Waals surface area contributed by atoms with Gasteiger partial charge in [-0.1, -0.05) is 60.7 Å². The minimum atomic E-state index is -4.06. The summed E-state index contributed by atoms with van der Waals surface area (Å²) in [4.78, 5) is 34.2. The summed E-state index contributed by atoms with van der Waals surface area (Å²) in [5.74, 6) is -1.32. The van der Waals surface area contributed by atoms with Gasteiger partial charge in [0.15, 0.2) is 0 Å². The summed E-state index contributed by atoms with van der Waals surface area (Å²) in [6, 6.07) is 24.8. The number of benzene rings is 3. The second kappa shape index (κ2) is 12.0. The van der Waals surface area contributed by atoms with E-state index in [1.54, 1.807) is 60.7 Å². The molecule has 1 amide bonds. The Bertz CT molecular complexity index is 1140. The van der Waals surface area contributed by atoms with Gasteiger partial charge in [-0.2, -0.15) is 0 Å². The van der Waals surface area contributed by atoms with Crippen LogP contribution in [0, 0.1) is 0 Å². The Morgan fingerprint density at radius 3 is 2.18 bits per heavy atom. The number of para-hydroxylation sites is 1. The molecule has 0 aromatic heterocycles. The van der Waals surface area contributed by atoms with Gasteiger partial charge in [0, 0.05) is 6.42 Å². The largest absolute Gasteiger partial charge is 0.481 e. The molecule has 8 nitrogen and oxygen atoms in total. The molecular weight excluding hydrogens is 457 g/mol. The number of amides is 1. The van der Waals surface area contributed by atoms with Crippen molar-refractivity contribution >= 4 is 19.4 Å². The minimum absolute atomic E-state index is 0.0209. The number of carbonyl (C=O) groups excluding carboxylic acids is 1. The third kappa shape index (κ3) is 8.06. The first-order valence-electron chi connectivity index (χ1n) is 10.6. The molecule has 0 saturated heterocycles. The number of carboxylic acids is 1. The second-order valence-electron chi connectivity index (χ2n) is 7.63. The van der Waals surface area contributed by atoms with Crippen molar-refractivity contribution in [3.05, 3.63) is 96.1 Å². The predicted octanol–water partition coefficient (Wildman–Crippen LogP) is 5.37. The summed E-state index contributed by atoms with van der Waals surface area (Å²) in [6.07, 6.45) is -1.77. The van der Waals surface area contributed by atoms with E-state index in [9.17, 15) is 19.0 Å². The Kier molecular flexibility index (Phi) is 8.85. The summed E-state index contributed by atoms with van der Waals surface area (Å²) in [5.41, 5.74) is 1.26. The smallest absolute Gasteiger partial charge is 0.408 e. The van der Waals surface area contributed by atoms with Crippen LogP contribution in [-0.2, 0) is 26.9 Å². The minimum Gasteiger partial charge on any atom is -0.481 e. The van der Waals surface area contributed by atoms with E-state index < -0.39 is 25.2 Å². The maximum Gasteiger partial charge on any atom is 0.408 e. The van der Waals surface area contributed by atoms with Crippen molar-refractivity contribution < 1.29 is 33.6 Å². The molecule has 0 spiro atoms. The van der Waals surface area contributed by atoms with Crippen molar-refractivity contribution in [3.8, 4) is 11.5 Å². The lowest BCUT2D eigenvalue weighted by molar-refractivity contribution is -0.137. The Morgan fingerprint density at radius 1 is 0.882 bits per heavy atom. The van der Waals surface area contributed by atoms with Crippen LogP contribution in [-0.4, -0.2) is 27.8 Å². The van der Waals surface area contributed by atoms with E-state index in [-0.39, 0.29) is 25.6 Å². The summed E-state index contributed by atoms with van der Waals surface area (Å²) in [5, 5.41) is 11.4. The monoisotopic (exact) mass is 483 g/mol. The number of alkyl carbamates (subject to hydrolysis) is 1. The van der Waals surface area contributed by atoms with Crippen LogP contribution >= 0.6 is 7.37 Å². The third-order valence-corrected chi connectivity index (χ3v) is 7.08. The second-order valence-corrected chi connectivity index (χ2v) is 10.1. The molecular formula is C25H26NO7P. The summed E-state index contributed by atoms with van der Waals surface area (Å²) >= 11 is 0. The van der Waals surface area contributed by atoms with Crippen molar-refractivity contribution in [2.75, 3.05) is 0 Å². The molecule has 178 valence electrons. The SMILES string of the molecule is O=C(O)CCC(NC(=O)OCc1ccccc1)P(=O)(O)Cc1cccc(Oc2ccccc2)c1. The van der Waals surface area contributed by atoms with E-state index in [1.165, 1.54) is 0 Å². The van der Waals surface area contributed by atoms with Crippen LogP contribution in [0.3, 0.4) is 0 Å². The topological polar surface area (TPSA) is 122 Å². The zero-order chi connectivity index (χ0) is 24.4. The van der Waals surface area contributed by atoms with Gasteiger partial charge < -0.3 is 24.8 Å². The number of carboxylic acid groups (broad SMARTS) is 1. The summed E-state index contributed by atoms with van der Waals surface area (Å²) < 4.78 is 24.1. The quantitative estimate of drug-likeness (QED) is 0.314. The van der Waals surface area contributed by atoms with E-state index >= 15 is 0 Å². The van der Waals surface area contributed by atoms with Gasteiger partial charge in [-0.05, 0) is 41.8 Å². The van der Waals surface area contributed by atoms with Gasteiger partial charge in [-0.3, -0.25) is 9.36 Å². The molecule has 3 N–H and O–H groups in total. The summed E-state index contributed by atoms with van der Waals surface area (Å²) in [7, 11) is -4.06. The van der Waals surface area contributed by atoms with Crippen LogP contribution < -0.4 is 10.1 Å². The fourth-order valence-electron chi connectivity index (χ4n) is 3.24. The molecule has 3 aromatic rings. The first-order chi connectivity index (χ1) is 16.3. The highest BCUT2D eigenvalue weighted by Crippen LogP contribution is 2.50. The lowest BCUT2D eigenvalue weighted by atomic mass is 10.2. The van der Waals surface area contributed by atoms with Crippen LogP contribution in [0.4, 0.5) is 4.79 Å². The van der Waals surface area contributed by atoms with Gasteiger partial charge in [0.05, 0.1) is 6.16 Å². The molecule has 0 aliphatic rings. The first kappa shape index (κ1) is 25.0. The number of rotatable bonds is 11. The number of carbonyl (C=O) groups is 2. The highest BCUT2D eigenvalue weighted by Gasteiger charge is 2.33. The molecule has 34 heavy (non-hydrogen) atoms. The maximum atomic E-state index is 13.2. The normalized spacial score (nSPS) is 13.3. The van der Waals surface area contributed by atoms with Crippen LogP contribution in [0.5, 0.6) is 11.5 Å². The lowest BCUT2D eigenvalue weighted by Gasteiger charge is -2.24. The van der Waals surface area contributed by atoms with Crippen LogP contribution in [0.25, 0.3) is 0 Å². The van der Waals surface area contributed by atoms with Gasteiger partial charge in [-0.15, -0.1) is 0 Å². The van der Waals surface area contributed by atoms with Crippen molar-refractivity contribution in [2.24, 2.45) is 0 Å². The van der Waals surface area contributed by atoms with E-state index in [4.69, 9.17) is 14.6 Å². The van der Waals surface area contributed by atoms with E-state index in [2.05, 4.69) is 5.32 Å². The maximum absolute atomic E-state index is 13.2. The highest BCUT2D eigenvalue weighted by molar-refractivity contribution is 7.57. The number of nitrogens with one attached hydrogen (secondary N) is 1. The Hall–Kier alpha value is -3.61. The molecule has 0 radical (unpaired) electrons. The van der Waals surface area contributed by atoms with Gasteiger partial charge in [-0.25, -0.2) is 4.79 Å².